The van der Waals surface area contributed by atoms with Crippen LogP contribution in [-0.4, -0.2) is 7.11 Å². The Hall–Kier alpha value is -1.80. The molecule has 3 rings (SSSR count). The smallest absolute Gasteiger partial charge is 0.0718 e. The number of para-hydroxylation sites is 1. The van der Waals surface area contributed by atoms with E-state index in [0.29, 0.717) is 0 Å². The van der Waals surface area contributed by atoms with Gasteiger partial charge in [-0.05, 0) is 17.2 Å². The third kappa shape index (κ3) is 1.31. The van der Waals surface area contributed by atoms with Gasteiger partial charge in [-0.25, -0.2) is 5.06 Å². The fourth-order valence-corrected chi connectivity index (χ4v) is 2.24. The van der Waals surface area contributed by atoms with E-state index >= 15 is 0 Å². The van der Waals surface area contributed by atoms with Crippen molar-refractivity contribution in [1.29, 1.82) is 0 Å². The molecule has 0 aromatic heterocycles. The standard InChI is InChI=1S/C14H13NO/c1-16-15-10-11-6-2-3-7-12(11)13-8-4-5-9-14(13)15/h2-9H,10H2,1H3. The van der Waals surface area contributed by atoms with Crippen molar-refractivity contribution >= 4 is 5.69 Å². The molecule has 0 atom stereocenters. The van der Waals surface area contributed by atoms with Gasteiger partial charge in [0, 0.05) is 5.56 Å². The van der Waals surface area contributed by atoms with Crippen LogP contribution in [0.5, 0.6) is 0 Å². The molecule has 2 nitrogen and oxygen atoms in total. The predicted molar refractivity (Wildman–Crippen MR) is 65.1 cm³/mol. The van der Waals surface area contributed by atoms with E-state index in [4.69, 9.17) is 4.84 Å². The van der Waals surface area contributed by atoms with Crippen LogP contribution in [0.1, 0.15) is 5.56 Å². The summed E-state index contributed by atoms with van der Waals surface area (Å²) < 4.78 is 0. The summed E-state index contributed by atoms with van der Waals surface area (Å²) in [6.45, 7) is 0.809. The summed E-state index contributed by atoms with van der Waals surface area (Å²) >= 11 is 0. The third-order valence-electron chi connectivity index (χ3n) is 3.01. The predicted octanol–water partition coefficient (Wildman–Crippen LogP) is 3.24. The summed E-state index contributed by atoms with van der Waals surface area (Å²) in [5.74, 6) is 0. The van der Waals surface area contributed by atoms with E-state index in [1.165, 1.54) is 16.7 Å². The average molecular weight is 211 g/mol. The Kier molecular flexibility index (Phi) is 2.15. The maximum atomic E-state index is 5.41. The van der Waals surface area contributed by atoms with Gasteiger partial charge in [0.2, 0.25) is 0 Å². The molecule has 0 N–H and O–H groups in total. The summed E-state index contributed by atoms with van der Waals surface area (Å²) in [4.78, 5) is 5.41. The zero-order chi connectivity index (χ0) is 11.0. The SMILES string of the molecule is CON1Cc2ccccc2-c2ccccc21. The second-order valence-electron chi connectivity index (χ2n) is 3.89. The molecule has 1 aliphatic rings. The van der Waals surface area contributed by atoms with E-state index < -0.39 is 0 Å². The Bertz CT molecular complexity index is 522. The summed E-state index contributed by atoms with van der Waals surface area (Å²) in [6, 6.07) is 16.8. The Morgan fingerprint density at radius 2 is 1.62 bits per heavy atom. The van der Waals surface area contributed by atoms with Gasteiger partial charge in [-0.1, -0.05) is 42.5 Å². The summed E-state index contributed by atoms with van der Waals surface area (Å²) in [5, 5.41) is 1.93. The lowest BCUT2D eigenvalue weighted by molar-refractivity contribution is 0.162. The number of rotatable bonds is 1. The van der Waals surface area contributed by atoms with Crippen LogP contribution >= 0.6 is 0 Å². The molecule has 2 heteroatoms. The molecule has 2 aromatic rings. The molecule has 1 aliphatic heterocycles. The van der Waals surface area contributed by atoms with Crippen molar-refractivity contribution in [2.45, 2.75) is 6.54 Å². The molecule has 0 radical (unpaired) electrons. The Labute approximate surface area is 95.0 Å². The van der Waals surface area contributed by atoms with Crippen molar-refractivity contribution in [3.8, 4) is 11.1 Å². The molecule has 2 aromatic carbocycles. The molecule has 0 amide bonds. The molecule has 0 saturated heterocycles. The highest BCUT2D eigenvalue weighted by atomic mass is 16.7. The highest BCUT2D eigenvalue weighted by molar-refractivity contribution is 5.82. The van der Waals surface area contributed by atoms with Crippen molar-refractivity contribution in [1.82, 2.24) is 0 Å². The van der Waals surface area contributed by atoms with E-state index in [-0.39, 0.29) is 0 Å². The lowest BCUT2D eigenvalue weighted by atomic mass is 9.95. The zero-order valence-corrected chi connectivity index (χ0v) is 9.18. The van der Waals surface area contributed by atoms with Crippen LogP contribution in [0.15, 0.2) is 48.5 Å². The third-order valence-corrected chi connectivity index (χ3v) is 3.01. The van der Waals surface area contributed by atoms with Crippen molar-refractivity contribution in [2.24, 2.45) is 0 Å². The van der Waals surface area contributed by atoms with E-state index in [0.717, 1.165) is 12.2 Å². The summed E-state index contributed by atoms with van der Waals surface area (Å²) in [7, 11) is 1.71. The normalized spacial score (nSPS) is 13.2. The molecule has 80 valence electrons. The molecule has 16 heavy (non-hydrogen) atoms. The first-order valence-electron chi connectivity index (χ1n) is 5.39. The first-order chi connectivity index (χ1) is 7.90. The molecule has 0 fully saturated rings. The quantitative estimate of drug-likeness (QED) is 0.718. The van der Waals surface area contributed by atoms with Crippen LogP contribution in [0.2, 0.25) is 0 Å². The van der Waals surface area contributed by atoms with Gasteiger partial charge >= 0.3 is 0 Å². The molecule has 0 aliphatic carbocycles. The minimum Gasteiger partial charge on any atom is -0.276 e. The van der Waals surface area contributed by atoms with Crippen molar-refractivity contribution in [2.75, 3.05) is 12.2 Å². The molecule has 0 spiro atoms. The maximum absolute atomic E-state index is 5.41. The highest BCUT2D eigenvalue weighted by Crippen LogP contribution is 2.38. The van der Waals surface area contributed by atoms with Gasteiger partial charge in [-0.15, -0.1) is 0 Å². The zero-order valence-electron chi connectivity index (χ0n) is 9.18. The summed E-state index contributed by atoms with van der Waals surface area (Å²) in [6.07, 6.45) is 0. The number of nitrogens with zero attached hydrogens (tertiary/aromatic N) is 1. The molecule has 0 unspecified atom stereocenters. The van der Waals surface area contributed by atoms with Gasteiger partial charge in [0.05, 0.1) is 19.3 Å². The monoisotopic (exact) mass is 211 g/mol. The number of hydrogen-bond acceptors (Lipinski definition) is 2. The van der Waals surface area contributed by atoms with Gasteiger partial charge in [-0.2, -0.15) is 0 Å². The highest BCUT2D eigenvalue weighted by Gasteiger charge is 2.20. The van der Waals surface area contributed by atoms with Gasteiger partial charge in [0.1, 0.15) is 0 Å². The van der Waals surface area contributed by atoms with Crippen LogP contribution in [0.25, 0.3) is 11.1 Å². The Balaban J connectivity index is 2.24. The van der Waals surface area contributed by atoms with Crippen LogP contribution in [0.3, 0.4) is 0 Å². The second kappa shape index (κ2) is 3.65. The van der Waals surface area contributed by atoms with Gasteiger partial charge in [-0.3, -0.25) is 4.84 Å². The van der Waals surface area contributed by atoms with Crippen molar-refractivity contribution in [3.63, 3.8) is 0 Å². The molecule has 0 saturated carbocycles. The van der Waals surface area contributed by atoms with Crippen molar-refractivity contribution in [3.05, 3.63) is 54.1 Å². The minimum absolute atomic E-state index is 0.809. The molecule has 0 bridgehead atoms. The lowest BCUT2D eigenvalue weighted by Crippen LogP contribution is -2.25. The lowest BCUT2D eigenvalue weighted by Gasteiger charge is -2.30. The number of fused-ring (bicyclic) bond motifs is 3. The number of hydroxylamine groups is 1. The van der Waals surface area contributed by atoms with Crippen LogP contribution in [-0.2, 0) is 11.4 Å². The van der Waals surface area contributed by atoms with Gasteiger partial charge < -0.3 is 0 Å². The van der Waals surface area contributed by atoms with Crippen LogP contribution < -0.4 is 5.06 Å². The molecule has 1 heterocycles. The first kappa shape index (κ1) is 9.43. The molecular formula is C14H13NO. The number of anilines is 1. The van der Waals surface area contributed by atoms with E-state index in [1.54, 1.807) is 7.11 Å². The van der Waals surface area contributed by atoms with Gasteiger partial charge in [0.15, 0.2) is 0 Å². The van der Waals surface area contributed by atoms with Crippen LogP contribution in [0.4, 0.5) is 5.69 Å². The average Bonchev–Trinajstić information content (AvgIpc) is 2.38. The van der Waals surface area contributed by atoms with E-state index in [1.807, 2.05) is 11.1 Å². The van der Waals surface area contributed by atoms with Crippen molar-refractivity contribution < 1.29 is 4.84 Å². The number of hydrogen-bond donors (Lipinski definition) is 0. The minimum atomic E-state index is 0.809. The summed E-state index contributed by atoms with van der Waals surface area (Å²) in [5.41, 5.74) is 5.00. The Morgan fingerprint density at radius 3 is 2.44 bits per heavy atom. The fraction of sp³-hybridized carbons (Fsp3) is 0.143. The molecular weight excluding hydrogens is 198 g/mol. The first-order valence-corrected chi connectivity index (χ1v) is 5.39. The Morgan fingerprint density at radius 1 is 0.938 bits per heavy atom. The van der Waals surface area contributed by atoms with Gasteiger partial charge in [0.25, 0.3) is 0 Å². The number of benzene rings is 2. The second-order valence-corrected chi connectivity index (χ2v) is 3.89. The van der Waals surface area contributed by atoms with E-state index in [2.05, 4.69) is 42.5 Å². The largest absolute Gasteiger partial charge is 0.276 e. The fourth-order valence-electron chi connectivity index (χ4n) is 2.24. The van der Waals surface area contributed by atoms with E-state index in [9.17, 15) is 0 Å². The van der Waals surface area contributed by atoms with Crippen LogP contribution in [0, 0.1) is 0 Å². The topological polar surface area (TPSA) is 12.5 Å². The maximum Gasteiger partial charge on any atom is 0.0718 e.